The van der Waals surface area contributed by atoms with Gasteiger partial charge in [-0.25, -0.2) is 0 Å². The van der Waals surface area contributed by atoms with E-state index in [0.29, 0.717) is 18.8 Å². The van der Waals surface area contributed by atoms with Gasteiger partial charge in [-0.15, -0.1) is 11.8 Å². The fourth-order valence-corrected chi connectivity index (χ4v) is 6.73. The lowest BCUT2D eigenvalue weighted by molar-refractivity contribution is 0.104. The first-order valence-corrected chi connectivity index (χ1v) is 21.0. The van der Waals surface area contributed by atoms with Crippen molar-refractivity contribution >= 4 is 23.6 Å². The van der Waals surface area contributed by atoms with Crippen LogP contribution in [0, 0.1) is 0 Å². The smallest absolute Gasteiger partial charge is 0.185 e. The number of hydrogen-bond donors (Lipinski definition) is 0. The fourth-order valence-electron chi connectivity index (χ4n) is 5.96. The van der Waals surface area contributed by atoms with Crippen LogP contribution in [0.4, 0.5) is 0 Å². The predicted octanol–water partition coefficient (Wildman–Crippen LogP) is 14.5. The maximum absolute atomic E-state index is 12.9. The molecule has 0 bridgehead atoms. The maximum atomic E-state index is 12.9. The minimum absolute atomic E-state index is 0.0160. The molecule has 0 N–H and O–H groups in total. The number of unbranched alkanes of at least 4 members (excludes halogenated alkanes) is 20. The van der Waals surface area contributed by atoms with Crippen LogP contribution in [-0.2, 0) is 0 Å². The van der Waals surface area contributed by atoms with E-state index in [9.17, 15) is 4.79 Å². The molecule has 3 nitrogen and oxygen atoms in total. The van der Waals surface area contributed by atoms with Gasteiger partial charge in [0, 0.05) is 10.5 Å². The molecule has 0 fully saturated rings. The number of ether oxygens (including phenoxy) is 2. The molecule has 0 unspecified atom stereocenters. The van der Waals surface area contributed by atoms with Crippen molar-refractivity contribution in [2.75, 3.05) is 19.0 Å². The number of allylic oxidation sites excluding steroid dienone is 1. The molecule has 0 heterocycles. The molecule has 2 aromatic rings. The number of rotatable bonds is 32. The van der Waals surface area contributed by atoms with Crippen molar-refractivity contribution in [1.82, 2.24) is 0 Å². The zero-order chi connectivity index (χ0) is 34.3. The Bertz CT molecular complexity index is 1080. The van der Waals surface area contributed by atoms with Gasteiger partial charge in [0.05, 0.1) is 13.2 Å². The second kappa shape index (κ2) is 29.7. The molecule has 48 heavy (non-hydrogen) atoms. The van der Waals surface area contributed by atoms with Crippen LogP contribution in [-0.4, -0.2) is 24.7 Å². The summed E-state index contributed by atoms with van der Waals surface area (Å²) in [5.41, 5.74) is 1.67. The van der Waals surface area contributed by atoms with Crippen molar-refractivity contribution in [2.24, 2.45) is 0 Å². The van der Waals surface area contributed by atoms with Gasteiger partial charge in [-0.1, -0.05) is 161 Å². The quantitative estimate of drug-likeness (QED) is 0.0334. The van der Waals surface area contributed by atoms with Crippen molar-refractivity contribution in [3.63, 3.8) is 0 Å². The van der Waals surface area contributed by atoms with Crippen LogP contribution in [0.25, 0.3) is 6.08 Å². The Hall–Kier alpha value is -2.20. The van der Waals surface area contributed by atoms with E-state index < -0.39 is 0 Å². The predicted molar refractivity (Wildman–Crippen MR) is 211 cm³/mol. The van der Waals surface area contributed by atoms with E-state index in [2.05, 4.69) is 20.8 Å². The Balaban J connectivity index is 1.81. The maximum Gasteiger partial charge on any atom is 0.185 e. The highest BCUT2D eigenvalue weighted by molar-refractivity contribution is 7.99. The largest absolute Gasteiger partial charge is 0.490 e. The Morgan fingerprint density at radius 2 is 1.00 bits per heavy atom. The van der Waals surface area contributed by atoms with E-state index in [1.54, 1.807) is 6.08 Å². The van der Waals surface area contributed by atoms with Crippen LogP contribution < -0.4 is 9.47 Å². The zero-order valence-electron chi connectivity index (χ0n) is 31.2. The van der Waals surface area contributed by atoms with Gasteiger partial charge in [-0.05, 0) is 73.1 Å². The van der Waals surface area contributed by atoms with Gasteiger partial charge in [0.15, 0.2) is 17.3 Å². The molecule has 0 atom stereocenters. The third-order valence-corrected chi connectivity index (χ3v) is 10.2. The van der Waals surface area contributed by atoms with Crippen LogP contribution in [0.1, 0.15) is 184 Å². The zero-order valence-corrected chi connectivity index (χ0v) is 32.0. The lowest BCUT2D eigenvalue weighted by Crippen LogP contribution is -2.03. The first kappa shape index (κ1) is 42.0. The SMILES string of the molecule is CCCCCCCCCCCCCOc1ccc(/C=C/C(=O)c2ccc(SCCC)cc2)cc1OCCCCCCCCCCCCC. The lowest BCUT2D eigenvalue weighted by Gasteiger charge is -2.14. The summed E-state index contributed by atoms with van der Waals surface area (Å²) in [6, 6.07) is 14.0. The number of ketones is 1. The summed E-state index contributed by atoms with van der Waals surface area (Å²) in [5, 5.41) is 0. The molecular weight excluding hydrogens is 609 g/mol. The first-order valence-electron chi connectivity index (χ1n) is 20.0. The standard InChI is InChI=1S/C44H70O3S/c1-4-7-9-11-13-15-17-19-21-23-25-35-46-43-34-28-39(27-33-42(45)40-29-31-41(32-30-40)48-37-6-3)38-44(43)47-36-26-24-22-20-18-16-14-12-10-8-5-2/h27-34,38H,4-26,35-37H2,1-3H3/b33-27+. The minimum atomic E-state index is 0.0160. The summed E-state index contributed by atoms with van der Waals surface area (Å²) in [6.07, 6.45) is 33.8. The number of carbonyl (C=O) groups is 1. The number of thioether (sulfide) groups is 1. The molecule has 0 aliphatic rings. The highest BCUT2D eigenvalue weighted by Gasteiger charge is 2.08. The van der Waals surface area contributed by atoms with Gasteiger partial charge < -0.3 is 9.47 Å². The van der Waals surface area contributed by atoms with Crippen LogP contribution in [0.2, 0.25) is 0 Å². The van der Waals surface area contributed by atoms with E-state index in [-0.39, 0.29) is 5.78 Å². The summed E-state index contributed by atoms with van der Waals surface area (Å²) in [4.78, 5) is 14.1. The average Bonchev–Trinajstić information content (AvgIpc) is 3.11. The van der Waals surface area contributed by atoms with Crippen molar-refractivity contribution in [3.8, 4) is 11.5 Å². The molecule has 270 valence electrons. The van der Waals surface area contributed by atoms with E-state index in [1.807, 2.05) is 60.3 Å². The van der Waals surface area contributed by atoms with Gasteiger partial charge in [0.25, 0.3) is 0 Å². The van der Waals surface area contributed by atoms with Gasteiger partial charge in [0.1, 0.15) is 0 Å². The normalized spacial score (nSPS) is 11.4. The molecule has 0 saturated heterocycles. The second-order valence-corrected chi connectivity index (χ2v) is 14.7. The van der Waals surface area contributed by atoms with Crippen LogP contribution >= 0.6 is 11.8 Å². The monoisotopic (exact) mass is 679 g/mol. The molecule has 2 aromatic carbocycles. The molecule has 0 amide bonds. The highest BCUT2D eigenvalue weighted by atomic mass is 32.2. The molecule has 0 aromatic heterocycles. The second-order valence-electron chi connectivity index (χ2n) is 13.5. The number of carbonyl (C=O) groups excluding carboxylic acids is 1. The van der Waals surface area contributed by atoms with E-state index >= 15 is 0 Å². The highest BCUT2D eigenvalue weighted by Crippen LogP contribution is 2.30. The van der Waals surface area contributed by atoms with Gasteiger partial charge >= 0.3 is 0 Å². The van der Waals surface area contributed by atoms with Crippen molar-refractivity contribution in [2.45, 2.75) is 173 Å². The lowest BCUT2D eigenvalue weighted by atomic mass is 10.1. The molecule has 0 aliphatic carbocycles. The van der Waals surface area contributed by atoms with Gasteiger partial charge in [0.2, 0.25) is 0 Å². The third kappa shape index (κ3) is 21.0. The Morgan fingerprint density at radius 3 is 1.48 bits per heavy atom. The van der Waals surface area contributed by atoms with Crippen LogP contribution in [0.3, 0.4) is 0 Å². The topological polar surface area (TPSA) is 35.5 Å². The van der Waals surface area contributed by atoms with Crippen molar-refractivity contribution in [1.29, 1.82) is 0 Å². The van der Waals surface area contributed by atoms with Gasteiger partial charge in [-0.3, -0.25) is 4.79 Å². The molecule has 0 aliphatic heterocycles. The Kier molecular flexibility index (Phi) is 26.0. The molecule has 0 saturated carbocycles. The number of benzene rings is 2. The summed E-state index contributed by atoms with van der Waals surface area (Å²) in [6.45, 7) is 8.15. The molecule has 4 heteroatoms. The first-order chi connectivity index (χ1) is 23.7. The Morgan fingerprint density at radius 1 is 0.542 bits per heavy atom. The van der Waals surface area contributed by atoms with E-state index in [0.717, 1.165) is 42.1 Å². The summed E-state index contributed by atoms with van der Waals surface area (Å²) in [5.74, 6) is 2.71. The van der Waals surface area contributed by atoms with E-state index in [4.69, 9.17) is 9.47 Å². The fraction of sp³-hybridized carbons (Fsp3) is 0.659. The van der Waals surface area contributed by atoms with Crippen LogP contribution in [0.15, 0.2) is 53.4 Å². The molecular formula is C44H70O3S. The molecule has 0 spiro atoms. The summed E-state index contributed by atoms with van der Waals surface area (Å²) in [7, 11) is 0. The molecule has 2 rings (SSSR count). The third-order valence-electron chi connectivity index (χ3n) is 9.02. The van der Waals surface area contributed by atoms with Gasteiger partial charge in [-0.2, -0.15) is 0 Å². The Labute approximate surface area is 300 Å². The van der Waals surface area contributed by atoms with Crippen molar-refractivity contribution in [3.05, 3.63) is 59.7 Å². The minimum Gasteiger partial charge on any atom is -0.490 e. The number of hydrogen-bond acceptors (Lipinski definition) is 4. The average molecular weight is 679 g/mol. The summed E-state index contributed by atoms with van der Waals surface area (Å²) >= 11 is 1.83. The van der Waals surface area contributed by atoms with E-state index in [1.165, 1.54) is 133 Å². The van der Waals surface area contributed by atoms with Crippen molar-refractivity contribution < 1.29 is 14.3 Å². The summed E-state index contributed by atoms with van der Waals surface area (Å²) < 4.78 is 12.6. The van der Waals surface area contributed by atoms with Crippen LogP contribution in [0.5, 0.6) is 11.5 Å². The molecule has 0 radical (unpaired) electrons.